The van der Waals surface area contributed by atoms with Gasteiger partial charge in [-0.15, -0.1) is 0 Å². The van der Waals surface area contributed by atoms with E-state index in [0.29, 0.717) is 10.7 Å². The van der Waals surface area contributed by atoms with E-state index in [-0.39, 0.29) is 5.82 Å². The van der Waals surface area contributed by atoms with Crippen LogP contribution in [0.1, 0.15) is 11.4 Å². The highest BCUT2D eigenvalue weighted by molar-refractivity contribution is 6.31. The van der Waals surface area contributed by atoms with Crippen LogP contribution in [-0.2, 0) is 0 Å². The maximum atomic E-state index is 13.0. The van der Waals surface area contributed by atoms with Crippen LogP contribution in [0.4, 0.5) is 4.39 Å². The summed E-state index contributed by atoms with van der Waals surface area (Å²) in [7, 11) is 0. The van der Waals surface area contributed by atoms with Gasteiger partial charge < -0.3 is 0 Å². The van der Waals surface area contributed by atoms with Crippen molar-refractivity contribution in [3.8, 4) is 5.69 Å². The molecule has 0 fully saturated rings. The molecular formula is C11H10ClFN2. The van der Waals surface area contributed by atoms with Crippen molar-refractivity contribution >= 4 is 11.6 Å². The molecule has 0 atom stereocenters. The normalized spacial score (nSPS) is 10.7. The molecule has 1 heterocycles. The van der Waals surface area contributed by atoms with E-state index < -0.39 is 0 Å². The summed E-state index contributed by atoms with van der Waals surface area (Å²) in [6.07, 6.45) is 0. The lowest BCUT2D eigenvalue weighted by molar-refractivity contribution is 0.625. The van der Waals surface area contributed by atoms with E-state index in [2.05, 4.69) is 5.10 Å². The smallest absolute Gasteiger partial charge is 0.125 e. The van der Waals surface area contributed by atoms with Crippen molar-refractivity contribution in [1.82, 2.24) is 9.78 Å². The molecule has 78 valence electrons. The number of hydrogen-bond donors (Lipinski definition) is 0. The van der Waals surface area contributed by atoms with E-state index in [1.54, 1.807) is 16.8 Å². The van der Waals surface area contributed by atoms with Crippen LogP contribution < -0.4 is 0 Å². The molecule has 0 unspecified atom stereocenters. The molecule has 2 rings (SSSR count). The lowest BCUT2D eigenvalue weighted by Gasteiger charge is -2.03. The van der Waals surface area contributed by atoms with Crippen molar-refractivity contribution in [2.24, 2.45) is 0 Å². The van der Waals surface area contributed by atoms with Crippen molar-refractivity contribution in [2.75, 3.05) is 0 Å². The Bertz CT molecular complexity index is 505. The number of aryl methyl sites for hydroxylation is 1. The van der Waals surface area contributed by atoms with Gasteiger partial charge in [0.2, 0.25) is 0 Å². The number of hydrogen-bond acceptors (Lipinski definition) is 1. The summed E-state index contributed by atoms with van der Waals surface area (Å²) in [6, 6.07) is 6.26. The molecule has 4 heteroatoms. The quantitative estimate of drug-likeness (QED) is 0.727. The largest absolute Gasteiger partial charge is 0.236 e. The predicted octanol–water partition coefficient (Wildman–Crippen LogP) is 3.28. The molecule has 0 saturated heterocycles. The molecule has 0 saturated carbocycles. The Morgan fingerprint density at radius 3 is 2.60 bits per heavy atom. The summed E-state index contributed by atoms with van der Waals surface area (Å²) in [5.41, 5.74) is 2.25. The fourth-order valence-corrected chi connectivity index (χ4v) is 1.60. The SMILES string of the molecule is Cc1nn(-c2cccc(F)c2)c(C)c1Cl. The van der Waals surface area contributed by atoms with Crippen molar-refractivity contribution in [3.05, 3.63) is 46.5 Å². The highest BCUT2D eigenvalue weighted by Gasteiger charge is 2.10. The second kappa shape index (κ2) is 3.66. The Labute approximate surface area is 92.3 Å². The Hall–Kier alpha value is -1.35. The summed E-state index contributed by atoms with van der Waals surface area (Å²) in [5.74, 6) is -0.281. The zero-order chi connectivity index (χ0) is 11.0. The van der Waals surface area contributed by atoms with Gasteiger partial charge in [-0.2, -0.15) is 5.10 Å². The third kappa shape index (κ3) is 1.75. The van der Waals surface area contributed by atoms with Crippen LogP contribution in [0.5, 0.6) is 0 Å². The van der Waals surface area contributed by atoms with Gasteiger partial charge in [-0.3, -0.25) is 0 Å². The molecule has 0 aliphatic heterocycles. The van der Waals surface area contributed by atoms with Crippen molar-refractivity contribution in [1.29, 1.82) is 0 Å². The van der Waals surface area contributed by atoms with Crippen LogP contribution in [0.2, 0.25) is 5.02 Å². The van der Waals surface area contributed by atoms with Gasteiger partial charge in [-0.25, -0.2) is 9.07 Å². The van der Waals surface area contributed by atoms with Crippen LogP contribution in [0.3, 0.4) is 0 Å². The van der Waals surface area contributed by atoms with E-state index in [1.807, 2.05) is 13.8 Å². The molecule has 1 aromatic heterocycles. The molecule has 0 aliphatic rings. The van der Waals surface area contributed by atoms with Crippen molar-refractivity contribution < 1.29 is 4.39 Å². The number of rotatable bonds is 1. The van der Waals surface area contributed by atoms with E-state index in [4.69, 9.17) is 11.6 Å². The summed E-state index contributed by atoms with van der Waals surface area (Å²) >= 11 is 6.01. The molecular weight excluding hydrogens is 215 g/mol. The van der Waals surface area contributed by atoms with Crippen LogP contribution in [0, 0.1) is 19.7 Å². The van der Waals surface area contributed by atoms with Gasteiger partial charge in [0.05, 0.1) is 22.1 Å². The predicted molar refractivity (Wildman–Crippen MR) is 58.0 cm³/mol. The molecule has 15 heavy (non-hydrogen) atoms. The Balaban J connectivity index is 2.59. The molecule has 2 aromatic rings. The average molecular weight is 225 g/mol. The van der Waals surface area contributed by atoms with Gasteiger partial charge in [0.1, 0.15) is 5.82 Å². The summed E-state index contributed by atoms with van der Waals surface area (Å²) in [6.45, 7) is 3.68. The Morgan fingerprint density at radius 2 is 2.07 bits per heavy atom. The minimum atomic E-state index is -0.281. The number of benzene rings is 1. The summed E-state index contributed by atoms with van der Waals surface area (Å²) < 4.78 is 14.7. The van der Waals surface area contributed by atoms with Crippen molar-refractivity contribution in [2.45, 2.75) is 13.8 Å². The van der Waals surface area contributed by atoms with Gasteiger partial charge in [0.15, 0.2) is 0 Å². The highest BCUT2D eigenvalue weighted by Crippen LogP contribution is 2.22. The monoisotopic (exact) mass is 224 g/mol. The molecule has 2 nitrogen and oxygen atoms in total. The van der Waals surface area contributed by atoms with E-state index >= 15 is 0 Å². The van der Waals surface area contributed by atoms with Gasteiger partial charge in [0, 0.05) is 0 Å². The van der Waals surface area contributed by atoms with E-state index in [9.17, 15) is 4.39 Å². The standard InChI is InChI=1S/C11H10ClFN2/c1-7-11(12)8(2)15(14-7)10-5-3-4-9(13)6-10/h3-6H,1-2H3. The van der Waals surface area contributed by atoms with Crippen molar-refractivity contribution in [3.63, 3.8) is 0 Å². The summed E-state index contributed by atoms with van der Waals surface area (Å²) in [4.78, 5) is 0. The fourth-order valence-electron chi connectivity index (χ4n) is 1.48. The number of aromatic nitrogens is 2. The first-order valence-electron chi connectivity index (χ1n) is 4.57. The second-order valence-electron chi connectivity index (χ2n) is 3.38. The zero-order valence-corrected chi connectivity index (χ0v) is 9.22. The maximum absolute atomic E-state index is 13.0. The molecule has 0 aliphatic carbocycles. The third-order valence-corrected chi connectivity index (χ3v) is 2.80. The molecule has 0 radical (unpaired) electrons. The number of halogens is 2. The maximum Gasteiger partial charge on any atom is 0.125 e. The van der Waals surface area contributed by atoms with Gasteiger partial charge >= 0.3 is 0 Å². The van der Waals surface area contributed by atoms with Gasteiger partial charge in [0.25, 0.3) is 0 Å². The van der Waals surface area contributed by atoms with Gasteiger partial charge in [-0.1, -0.05) is 17.7 Å². The lowest BCUT2D eigenvalue weighted by Crippen LogP contribution is -1.99. The lowest BCUT2D eigenvalue weighted by atomic mass is 10.3. The first-order valence-corrected chi connectivity index (χ1v) is 4.95. The molecule has 0 amide bonds. The van der Waals surface area contributed by atoms with Crippen LogP contribution >= 0.6 is 11.6 Å². The minimum absolute atomic E-state index is 0.281. The molecule has 0 bridgehead atoms. The minimum Gasteiger partial charge on any atom is -0.236 e. The van der Waals surface area contributed by atoms with Crippen LogP contribution in [0.25, 0.3) is 5.69 Å². The Morgan fingerprint density at radius 1 is 1.33 bits per heavy atom. The molecule has 0 spiro atoms. The molecule has 1 aromatic carbocycles. The summed E-state index contributed by atoms with van der Waals surface area (Å²) in [5, 5.41) is 4.86. The van der Waals surface area contributed by atoms with Crippen LogP contribution in [0.15, 0.2) is 24.3 Å². The number of nitrogens with zero attached hydrogens (tertiary/aromatic N) is 2. The highest BCUT2D eigenvalue weighted by atomic mass is 35.5. The zero-order valence-electron chi connectivity index (χ0n) is 8.46. The van der Waals surface area contributed by atoms with E-state index in [0.717, 1.165) is 11.4 Å². The first-order chi connectivity index (χ1) is 7.09. The second-order valence-corrected chi connectivity index (χ2v) is 3.75. The van der Waals surface area contributed by atoms with Gasteiger partial charge in [-0.05, 0) is 32.0 Å². The van der Waals surface area contributed by atoms with E-state index in [1.165, 1.54) is 12.1 Å². The third-order valence-electron chi connectivity index (χ3n) is 2.26. The fraction of sp³-hybridized carbons (Fsp3) is 0.182. The first kappa shape index (κ1) is 10.2. The average Bonchev–Trinajstić information content (AvgIpc) is 2.46. The molecule has 0 N–H and O–H groups in total. The topological polar surface area (TPSA) is 17.8 Å². The van der Waals surface area contributed by atoms with Crippen LogP contribution in [-0.4, -0.2) is 9.78 Å². The Kier molecular flexibility index (Phi) is 2.49.